The second-order valence-corrected chi connectivity index (χ2v) is 6.35. The number of carbonyl (C=O) groups is 1. The Kier molecular flexibility index (Phi) is 4.98. The van der Waals surface area contributed by atoms with Crippen LogP contribution in [0, 0.1) is 13.8 Å². The average Bonchev–Trinajstić information content (AvgIpc) is 3.00. The van der Waals surface area contributed by atoms with Gasteiger partial charge in [0.05, 0.1) is 6.04 Å². The molecule has 1 amide bonds. The summed E-state index contributed by atoms with van der Waals surface area (Å²) < 4.78 is 2.08. The highest BCUT2D eigenvalue weighted by Gasteiger charge is 2.13. The van der Waals surface area contributed by atoms with E-state index in [-0.39, 0.29) is 11.9 Å². The molecule has 1 unspecified atom stereocenters. The molecule has 3 aromatic rings. The first-order valence-corrected chi connectivity index (χ1v) is 8.47. The van der Waals surface area contributed by atoms with Crippen LogP contribution in [0.1, 0.15) is 45.8 Å². The molecule has 1 N–H and O–H groups in total. The van der Waals surface area contributed by atoms with E-state index in [1.54, 1.807) is 6.20 Å². The summed E-state index contributed by atoms with van der Waals surface area (Å²) in [5, 5.41) is 3.07. The lowest BCUT2D eigenvalue weighted by Gasteiger charge is -2.16. The monoisotopic (exact) mass is 333 g/mol. The van der Waals surface area contributed by atoms with Crippen molar-refractivity contribution in [2.24, 2.45) is 0 Å². The van der Waals surface area contributed by atoms with E-state index in [0.29, 0.717) is 5.56 Å². The summed E-state index contributed by atoms with van der Waals surface area (Å²) in [5.74, 6) is 0.926. The zero-order valence-electron chi connectivity index (χ0n) is 14.9. The number of hydrogen-bond donors (Lipinski definition) is 1. The summed E-state index contributed by atoms with van der Waals surface area (Å²) in [5.41, 5.74) is 4.14. The second kappa shape index (κ2) is 7.34. The molecule has 0 aliphatic carbocycles. The van der Waals surface area contributed by atoms with Crippen molar-refractivity contribution in [1.29, 1.82) is 0 Å². The lowest BCUT2D eigenvalue weighted by molar-refractivity contribution is 0.0940. The van der Waals surface area contributed by atoms with Gasteiger partial charge in [-0.2, -0.15) is 0 Å². The molecule has 1 aromatic heterocycles. The topological polar surface area (TPSA) is 46.9 Å². The molecule has 0 spiro atoms. The molecule has 3 rings (SSSR count). The van der Waals surface area contributed by atoms with Gasteiger partial charge in [0.2, 0.25) is 0 Å². The number of imidazole rings is 1. The SMILES string of the molecule is Cc1ccccc1C(C)NC(=O)c1ccc(Cn2ccnc2C)cc1. The number of hydrogen-bond acceptors (Lipinski definition) is 2. The summed E-state index contributed by atoms with van der Waals surface area (Å²) in [6.45, 7) is 6.81. The Bertz CT molecular complexity index is 865. The fourth-order valence-electron chi connectivity index (χ4n) is 2.96. The van der Waals surface area contributed by atoms with Gasteiger partial charge in [0, 0.05) is 24.5 Å². The fraction of sp³-hybridized carbons (Fsp3) is 0.238. The quantitative estimate of drug-likeness (QED) is 0.766. The Labute approximate surface area is 148 Å². The van der Waals surface area contributed by atoms with Crippen molar-refractivity contribution < 1.29 is 4.79 Å². The molecular formula is C21H23N3O. The highest BCUT2D eigenvalue weighted by atomic mass is 16.1. The van der Waals surface area contributed by atoms with Crippen molar-refractivity contribution >= 4 is 5.91 Å². The van der Waals surface area contributed by atoms with Gasteiger partial charge in [-0.3, -0.25) is 4.79 Å². The molecular weight excluding hydrogens is 310 g/mol. The maximum absolute atomic E-state index is 12.5. The molecule has 1 atom stereocenters. The van der Waals surface area contributed by atoms with Crippen molar-refractivity contribution in [2.75, 3.05) is 0 Å². The standard InChI is InChI=1S/C21H23N3O/c1-15-6-4-5-7-20(15)16(2)23-21(25)19-10-8-18(9-11-19)14-24-13-12-22-17(24)3/h4-13,16H,14H2,1-3H3,(H,23,25). The minimum atomic E-state index is -0.0545. The smallest absolute Gasteiger partial charge is 0.251 e. The van der Waals surface area contributed by atoms with Gasteiger partial charge >= 0.3 is 0 Å². The third kappa shape index (κ3) is 3.97. The molecule has 0 saturated heterocycles. The minimum Gasteiger partial charge on any atom is -0.346 e. The molecule has 4 nitrogen and oxygen atoms in total. The summed E-state index contributed by atoms with van der Waals surface area (Å²) >= 11 is 0. The van der Waals surface area contributed by atoms with Crippen molar-refractivity contribution in [3.05, 3.63) is 89.0 Å². The summed E-state index contributed by atoms with van der Waals surface area (Å²) in [6.07, 6.45) is 3.75. The van der Waals surface area contributed by atoms with Crippen LogP contribution in [0.3, 0.4) is 0 Å². The molecule has 0 radical (unpaired) electrons. The maximum Gasteiger partial charge on any atom is 0.251 e. The van der Waals surface area contributed by atoms with E-state index in [1.165, 1.54) is 5.56 Å². The largest absolute Gasteiger partial charge is 0.346 e. The van der Waals surface area contributed by atoms with E-state index in [1.807, 2.05) is 56.4 Å². The van der Waals surface area contributed by atoms with Crippen LogP contribution in [0.15, 0.2) is 60.9 Å². The van der Waals surface area contributed by atoms with Crippen molar-refractivity contribution in [2.45, 2.75) is 33.4 Å². The first-order valence-electron chi connectivity index (χ1n) is 8.47. The van der Waals surface area contributed by atoms with Crippen LogP contribution in [0.5, 0.6) is 0 Å². The summed E-state index contributed by atoms with van der Waals surface area (Å²) in [4.78, 5) is 16.7. The van der Waals surface area contributed by atoms with E-state index in [4.69, 9.17) is 0 Å². The molecule has 0 saturated carbocycles. The van der Waals surface area contributed by atoms with Gasteiger partial charge in [-0.15, -0.1) is 0 Å². The van der Waals surface area contributed by atoms with Gasteiger partial charge in [0.1, 0.15) is 5.82 Å². The first-order chi connectivity index (χ1) is 12.0. The number of benzene rings is 2. The Hall–Kier alpha value is -2.88. The van der Waals surface area contributed by atoms with Crippen LogP contribution in [-0.4, -0.2) is 15.5 Å². The van der Waals surface area contributed by atoms with Crippen molar-refractivity contribution in [3.63, 3.8) is 0 Å². The Balaban J connectivity index is 1.66. The maximum atomic E-state index is 12.5. The van der Waals surface area contributed by atoms with Crippen LogP contribution >= 0.6 is 0 Å². The van der Waals surface area contributed by atoms with Gasteiger partial charge in [0.15, 0.2) is 0 Å². The van der Waals surface area contributed by atoms with Crippen LogP contribution in [0.2, 0.25) is 0 Å². The lowest BCUT2D eigenvalue weighted by atomic mass is 10.0. The Morgan fingerprint density at radius 3 is 2.48 bits per heavy atom. The number of aromatic nitrogens is 2. The van der Waals surface area contributed by atoms with E-state index in [9.17, 15) is 4.79 Å². The molecule has 128 valence electrons. The highest BCUT2D eigenvalue weighted by Crippen LogP contribution is 2.17. The van der Waals surface area contributed by atoms with Crippen molar-refractivity contribution in [3.8, 4) is 0 Å². The van der Waals surface area contributed by atoms with Gasteiger partial charge in [-0.25, -0.2) is 4.98 Å². The number of nitrogens with zero attached hydrogens (tertiary/aromatic N) is 2. The molecule has 0 aliphatic rings. The minimum absolute atomic E-state index is 0.0259. The molecule has 1 heterocycles. The predicted octanol–water partition coefficient (Wildman–Crippen LogP) is 4.04. The van der Waals surface area contributed by atoms with Gasteiger partial charge < -0.3 is 9.88 Å². The van der Waals surface area contributed by atoms with Crippen LogP contribution in [0.4, 0.5) is 0 Å². The Morgan fingerprint density at radius 1 is 1.12 bits per heavy atom. The first kappa shape index (κ1) is 17.0. The number of nitrogens with one attached hydrogen (secondary N) is 1. The lowest BCUT2D eigenvalue weighted by Crippen LogP contribution is -2.27. The molecule has 4 heteroatoms. The predicted molar refractivity (Wildman–Crippen MR) is 99.6 cm³/mol. The van der Waals surface area contributed by atoms with Gasteiger partial charge in [-0.05, 0) is 49.6 Å². The number of aryl methyl sites for hydroxylation is 2. The Morgan fingerprint density at radius 2 is 1.84 bits per heavy atom. The second-order valence-electron chi connectivity index (χ2n) is 6.35. The molecule has 25 heavy (non-hydrogen) atoms. The van der Waals surface area contributed by atoms with Crippen LogP contribution < -0.4 is 5.32 Å². The molecule has 2 aromatic carbocycles. The van der Waals surface area contributed by atoms with Gasteiger partial charge in [-0.1, -0.05) is 36.4 Å². The number of rotatable bonds is 5. The fourth-order valence-corrected chi connectivity index (χ4v) is 2.96. The zero-order valence-corrected chi connectivity index (χ0v) is 14.9. The summed E-state index contributed by atoms with van der Waals surface area (Å²) in [6, 6.07) is 15.8. The normalized spacial score (nSPS) is 12.0. The number of carbonyl (C=O) groups excluding carboxylic acids is 1. The molecule has 0 bridgehead atoms. The van der Waals surface area contributed by atoms with E-state index in [2.05, 4.69) is 33.9 Å². The third-order valence-electron chi connectivity index (χ3n) is 4.50. The highest BCUT2D eigenvalue weighted by molar-refractivity contribution is 5.94. The van der Waals surface area contributed by atoms with E-state index < -0.39 is 0 Å². The van der Waals surface area contributed by atoms with Crippen LogP contribution in [0.25, 0.3) is 0 Å². The van der Waals surface area contributed by atoms with Gasteiger partial charge in [0.25, 0.3) is 5.91 Å². The summed E-state index contributed by atoms with van der Waals surface area (Å²) in [7, 11) is 0. The van der Waals surface area contributed by atoms with Crippen molar-refractivity contribution in [1.82, 2.24) is 14.9 Å². The zero-order chi connectivity index (χ0) is 17.8. The molecule has 0 fully saturated rings. The molecule has 0 aliphatic heterocycles. The van der Waals surface area contributed by atoms with Crippen LogP contribution in [-0.2, 0) is 6.54 Å². The van der Waals surface area contributed by atoms with E-state index >= 15 is 0 Å². The average molecular weight is 333 g/mol. The third-order valence-corrected chi connectivity index (χ3v) is 4.50. The van der Waals surface area contributed by atoms with E-state index in [0.717, 1.165) is 23.5 Å². The number of amides is 1.